The van der Waals surface area contributed by atoms with Gasteiger partial charge >= 0.3 is 77.2 Å². The lowest BCUT2D eigenvalue weighted by molar-refractivity contribution is -0.485. The average Bonchev–Trinajstić information content (AvgIpc) is 2.81. The normalized spacial score (nSPS) is 17.5. The van der Waals surface area contributed by atoms with E-state index in [0.717, 1.165) is 0 Å². The summed E-state index contributed by atoms with van der Waals surface area (Å²) < 4.78 is 359. The minimum Gasteiger partial charge on any atom is -0.394 e. The summed E-state index contributed by atoms with van der Waals surface area (Å²) in [5, 5.41) is 16.8. The molecule has 1 unspecified atom stereocenters. The third-order valence-corrected chi connectivity index (χ3v) is 5.46. The third-order valence-electron chi connectivity index (χ3n) is 5.46. The molecule has 0 bridgehead atoms. The molecule has 0 aromatic heterocycles. The van der Waals surface area contributed by atoms with Crippen molar-refractivity contribution in [3.8, 4) is 0 Å². The van der Waals surface area contributed by atoms with Crippen LogP contribution in [-0.4, -0.2) is 100 Å². The van der Waals surface area contributed by atoms with E-state index in [1.807, 2.05) is 0 Å². The molecule has 29 heteroatoms. The largest absolute Gasteiger partial charge is 0.460 e. The van der Waals surface area contributed by atoms with E-state index in [1.54, 1.807) is 0 Å². The first kappa shape index (κ1) is 43.0. The molecule has 272 valence electrons. The Hall–Kier alpha value is -1.97. The van der Waals surface area contributed by atoms with E-state index in [4.69, 9.17) is 10.2 Å². The van der Waals surface area contributed by atoms with Gasteiger partial charge in [0, 0.05) is 6.42 Å². The van der Waals surface area contributed by atoms with Crippen molar-refractivity contribution in [3.63, 3.8) is 0 Å². The summed E-state index contributed by atoms with van der Waals surface area (Å²) in [5.74, 6) is -110. The van der Waals surface area contributed by atoms with Crippen molar-refractivity contribution in [2.45, 2.75) is 89.8 Å². The average molecular weight is 744 g/mol. The lowest BCUT2D eigenvalue weighted by Gasteiger charge is -2.46. The van der Waals surface area contributed by atoms with Gasteiger partial charge in [-0.1, -0.05) is 0 Å². The highest BCUT2D eigenvalue weighted by molar-refractivity contribution is 5.20. The summed E-state index contributed by atoms with van der Waals surface area (Å²) in [4.78, 5) is 0. The van der Waals surface area contributed by atoms with Crippen LogP contribution in [0.15, 0.2) is 0 Å². The maximum absolute atomic E-state index is 13.7. The fraction of sp³-hybridized carbons (Fsp3) is 1.00. The first-order chi connectivity index (χ1) is 19.0. The van der Waals surface area contributed by atoms with E-state index >= 15 is 0 Å². The molecule has 0 saturated heterocycles. The molecule has 0 saturated carbocycles. The Bertz CT molecular complexity index is 1050. The van der Waals surface area contributed by atoms with Gasteiger partial charge in [-0.05, 0) is 0 Å². The van der Waals surface area contributed by atoms with Crippen LogP contribution < -0.4 is 0 Å². The van der Waals surface area contributed by atoms with Gasteiger partial charge in [0.05, 0.1) is 12.7 Å². The molecule has 1 atom stereocenters. The van der Waals surface area contributed by atoms with Gasteiger partial charge in [0.2, 0.25) is 0 Å². The van der Waals surface area contributed by atoms with Crippen LogP contribution in [-0.2, 0) is 0 Å². The highest BCUT2D eigenvalue weighted by atomic mass is 19.4. The van der Waals surface area contributed by atoms with E-state index in [9.17, 15) is 119 Å². The molecule has 0 aliphatic rings. The molecular formula is C16H7F27O2. The minimum atomic E-state index is -9.82. The van der Waals surface area contributed by atoms with Gasteiger partial charge in [0.1, 0.15) is 0 Å². The lowest BCUT2D eigenvalue weighted by atomic mass is 9.83. The Kier molecular flexibility index (Phi) is 10.3. The molecular weight excluding hydrogens is 737 g/mol. The quantitative estimate of drug-likeness (QED) is 0.178. The van der Waals surface area contributed by atoms with E-state index in [-0.39, 0.29) is 0 Å². The minimum absolute atomic E-state index is 2.18. The summed E-state index contributed by atoms with van der Waals surface area (Å²) in [7, 11) is 0. The zero-order chi connectivity index (χ0) is 37.5. The van der Waals surface area contributed by atoms with Crippen LogP contribution in [0.1, 0.15) is 6.42 Å². The van der Waals surface area contributed by atoms with E-state index < -0.39 is 96.4 Å². The van der Waals surface area contributed by atoms with Crippen LogP contribution in [0.4, 0.5) is 119 Å². The van der Waals surface area contributed by atoms with E-state index in [0.29, 0.717) is 0 Å². The number of aliphatic hydroxyl groups excluding tert-OH is 2. The van der Waals surface area contributed by atoms with E-state index in [2.05, 4.69) is 0 Å². The highest BCUT2D eigenvalue weighted by Crippen LogP contribution is 2.68. The molecule has 0 aromatic carbocycles. The van der Waals surface area contributed by atoms with Gasteiger partial charge in [0.15, 0.2) is 0 Å². The SMILES string of the molecule is OCC(O)CC(F)(F)C(F)(F)C(F)(F)C(F)(F)C(F)(F)C(F)(F)C(F)(F)C(F)(F)C(F)(F)C(F)(F)C(F)(F)C(F)(F)C(F)(F)F. The molecule has 0 amide bonds. The second-order valence-corrected chi connectivity index (χ2v) is 8.56. The highest BCUT2D eigenvalue weighted by Gasteiger charge is 3.00. The first-order valence-corrected chi connectivity index (χ1v) is 9.85. The Morgan fingerprint density at radius 1 is 0.311 bits per heavy atom. The monoisotopic (exact) mass is 744 g/mol. The van der Waals surface area contributed by atoms with Crippen LogP contribution in [0.25, 0.3) is 0 Å². The molecule has 0 fully saturated rings. The molecule has 0 radical (unpaired) electrons. The molecule has 2 nitrogen and oxygen atoms in total. The van der Waals surface area contributed by atoms with Crippen LogP contribution in [0.5, 0.6) is 0 Å². The topological polar surface area (TPSA) is 40.5 Å². The van der Waals surface area contributed by atoms with Crippen molar-refractivity contribution in [2.75, 3.05) is 6.61 Å². The fourth-order valence-electron chi connectivity index (χ4n) is 2.67. The number of halogens is 27. The Balaban J connectivity index is 7.41. The van der Waals surface area contributed by atoms with Gasteiger partial charge in [-0.3, -0.25) is 0 Å². The van der Waals surface area contributed by atoms with Crippen LogP contribution in [0.2, 0.25) is 0 Å². The number of hydrogen-bond acceptors (Lipinski definition) is 2. The van der Waals surface area contributed by atoms with Crippen molar-refractivity contribution in [3.05, 3.63) is 0 Å². The smallest absolute Gasteiger partial charge is 0.394 e. The van der Waals surface area contributed by atoms with Gasteiger partial charge in [-0.25, -0.2) is 0 Å². The predicted octanol–water partition coefficient (Wildman–Crippen LogP) is 7.92. The summed E-state index contributed by atoms with van der Waals surface area (Å²) in [6.07, 6.45) is -15.1. The third kappa shape index (κ3) is 5.27. The number of hydrogen-bond donors (Lipinski definition) is 2. The Morgan fingerprint density at radius 3 is 0.667 bits per heavy atom. The summed E-state index contributed by atoms with van der Waals surface area (Å²) in [5.41, 5.74) is 0. The zero-order valence-corrected chi connectivity index (χ0v) is 19.6. The molecule has 0 heterocycles. The fourth-order valence-corrected chi connectivity index (χ4v) is 2.67. The first-order valence-electron chi connectivity index (χ1n) is 9.85. The van der Waals surface area contributed by atoms with Crippen molar-refractivity contribution in [1.82, 2.24) is 0 Å². The van der Waals surface area contributed by atoms with Gasteiger partial charge in [-0.2, -0.15) is 119 Å². The molecule has 0 aromatic rings. The van der Waals surface area contributed by atoms with Gasteiger partial charge in [-0.15, -0.1) is 0 Å². The summed E-state index contributed by atoms with van der Waals surface area (Å²) in [6, 6.07) is 0. The number of rotatable bonds is 14. The zero-order valence-electron chi connectivity index (χ0n) is 19.6. The predicted molar refractivity (Wildman–Crippen MR) is 83.1 cm³/mol. The molecule has 0 aliphatic carbocycles. The van der Waals surface area contributed by atoms with Crippen LogP contribution >= 0.6 is 0 Å². The standard InChI is InChI=1S/C16H7F27O2/c17-4(18,1-3(45)2-44)5(19,20)6(21,22)7(23,24)8(25,26)9(27,28)10(29,30)11(31,32)12(33,34)13(35,36)14(37,38)15(39,40)16(41,42)43/h3,44-45H,1-2H2. The van der Waals surface area contributed by atoms with Crippen molar-refractivity contribution >= 4 is 0 Å². The summed E-state index contributed by atoms with van der Waals surface area (Å²) in [6.45, 7) is -2.18. The van der Waals surface area contributed by atoms with Crippen molar-refractivity contribution in [1.29, 1.82) is 0 Å². The maximum atomic E-state index is 13.7. The number of aliphatic hydroxyl groups is 2. The van der Waals surface area contributed by atoms with Gasteiger partial charge in [0.25, 0.3) is 0 Å². The Morgan fingerprint density at radius 2 is 0.489 bits per heavy atom. The molecule has 0 spiro atoms. The Labute approximate surface area is 226 Å². The second-order valence-electron chi connectivity index (χ2n) is 8.56. The van der Waals surface area contributed by atoms with Crippen LogP contribution in [0, 0.1) is 0 Å². The second kappa shape index (κ2) is 10.8. The van der Waals surface area contributed by atoms with Gasteiger partial charge < -0.3 is 10.2 Å². The van der Waals surface area contributed by atoms with Crippen molar-refractivity contribution in [2.24, 2.45) is 0 Å². The lowest BCUT2D eigenvalue weighted by Crippen LogP contribution is -2.78. The molecule has 45 heavy (non-hydrogen) atoms. The molecule has 0 rings (SSSR count). The molecule has 0 aliphatic heterocycles. The number of alkyl halides is 27. The van der Waals surface area contributed by atoms with Crippen molar-refractivity contribution < 1.29 is 129 Å². The van der Waals surface area contributed by atoms with E-state index in [1.165, 1.54) is 0 Å². The summed E-state index contributed by atoms with van der Waals surface area (Å²) >= 11 is 0. The maximum Gasteiger partial charge on any atom is 0.460 e. The van der Waals surface area contributed by atoms with Crippen LogP contribution in [0.3, 0.4) is 0 Å². The molecule has 2 N–H and O–H groups in total.